The molecule has 1 aromatic heterocycles. The highest BCUT2D eigenvalue weighted by molar-refractivity contribution is 7.99. The molecule has 0 radical (unpaired) electrons. The Balaban J connectivity index is 1.70. The minimum atomic E-state index is 0.632. The fourth-order valence-corrected chi connectivity index (χ4v) is 2.25. The van der Waals surface area contributed by atoms with Crippen molar-refractivity contribution in [3.63, 3.8) is 0 Å². The summed E-state index contributed by atoms with van der Waals surface area (Å²) in [6, 6.07) is 7.72. The third-order valence-corrected chi connectivity index (χ3v) is 3.55. The molecular weight excluding hydrogens is 274 g/mol. The zero-order valence-corrected chi connectivity index (χ0v) is 12.6. The summed E-state index contributed by atoms with van der Waals surface area (Å²) in [4.78, 5) is 0. The van der Waals surface area contributed by atoms with E-state index in [0.29, 0.717) is 6.61 Å². The summed E-state index contributed by atoms with van der Waals surface area (Å²) >= 11 is 1.63. The number of aromatic nitrogens is 3. The molecule has 0 bridgehead atoms. The number of nitrogens with zero attached hydrogens (tertiary/aromatic N) is 3. The van der Waals surface area contributed by atoms with Gasteiger partial charge in [0.05, 0.1) is 13.2 Å². The van der Waals surface area contributed by atoms with Gasteiger partial charge in [-0.3, -0.25) is 0 Å². The van der Waals surface area contributed by atoms with Gasteiger partial charge in [-0.25, -0.2) is 0 Å². The van der Waals surface area contributed by atoms with Crippen molar-refractivity contribution in [2.45, 2.75) is 18.5 Å². The second kappa shape index (κ2) is 7.79. The normalized spacial score (nSPS) is 10.5. The van der Waals surface area contributed by atoms with E-state index < -0.39 is 0 Å². The molecule has 20 heavy (non-hydrogen) atoms. The summed E-state index contributed by atoms with van der Waals surface area (Å²) in [5.41, 5.74) is 0. The van der Waals surface area contributed by atoms with Gasteiger partial charge in [-0.05, 0) is 30.7 Å². The smallest absolute Gasteiger partial charge is 0.190 e. The van der Waals surface area contributed by atoms with Gasteiger partial charge < -0.3 is 14.0 Å². The Morgan fingerprint density at radius 2 is 1.75 bits per heavy atom. The Kier molecular flexibility index (Phi) is 5.73. The minimum absolute atomic E-state index is 0.632. The fraction of sp³-hybridized carbons (Fsp3) is 0.429. The minimum Gasteiger partial charge on any atom is -0.494 e. The van der Waals surface area contributed by atoms with Gasteiger partial charge in [0.2, 0.25) is 0 Å². The highest BCUT2D eigenvalue weighted by Crippen LogP contribution is 2.19. The molecular formula is C14H19N3O2S. The molecule has 0 amide bonds. The first-order valence-electron chi connectivity index (χ1n) is 6.62. The van der Waals surface area contributed by atoms with Crippen LogP contribution in [0.25, 0.3) is 0 Å². The molecule has 2 rings (SSSR count). The van der Waals surface area contributed by atoms with Crippen LogP contribution in [0.1, 0.15) is 13.3 Å². The largest absolute Gasteiger partial charge is 0.494 e. The molecule has 0 saturated heterocycles. The first-order valence-corrected chi connectivity index (χ1v) is 7.60. The third kappa shape index (κ3) is 4.45. The third-order valence-electron chi connectivity index (χ3n) is 2.55. The number of hydrogen-bond acceptors (Lipinski definition) is 5. The maximum Gasteiger partial charge on any atom is 0.190 e. The van der Waals surface area contributed by atoms with Gasteiger partial charge >= 0.3 is 0 Å². The summed E-state index contributed by atoms with van der Waals surface area (Å²) in [6.07, 6.45) is 2.70. The van der Waals surface area contributed by atoms with E-state index in [4.69, 9.17) is 9.47 Å². The molecule has 6 heteroatoms. The molecule has 0 atom stereocenters. The van der Waals surface area contributed by atoms with Crippen LogP contribution in [0.15, 0.2) is 35.7 Å². The Morgan fingerprint density at radius 3 is 2.30 bits per heavy atom. The van der Waals surface area contributed by atoms with Crippen molar-refractivity contribution in [3.8, 4) is 11.5 Å². The highest BCUT2D eigenvalue weighted by atomic mass is 32.2. The van der Waals surface area contributed by atoms with Gasteiger partial charge in [0.1, 0.15) is 17.8 Å². The molecule has 5 nitrogen and oxygen atoms in total. The summed E-state index contributed by atoms with van der Waals surface area (Å²) in [7, 11) is 1.93. The first-order chi connectivity index (χ1) is 9.79. The highest BCUT2D eigenvalue weighted by Gasteiger charge is 2.01. The average Bonchev–Trinajstić information content (AvgIpc) is 2.88. The lowest BCUT2D eigenvalue weighted by Gasteiger charge is -2.08. The average molecular weight is 293 g/mol. The van der Waals surface area contributed by atoms with Crippen molar-refractivity contribution in [1.82, 2.24) is 14.8 Å². The molecule has 0 N–H and O–H groups in total. The van der Waals surface area contributed by atoms with E-state index in [-0.39, 0.29) is 0 Å². The van der Waals surface area contributed by atoms with Crippen LogP contribution >= 0.6 is 11.8 Å². The van der Waals surface area contributed by atoms with Crippen LogP contribution in [-0.4, -0.2) is 33.7 Å². The second-order valence-electron chi connectivity index (χ2n) is 4.24. The number of ether oxygens (including phenoxy) is 2. The van der Waals surface area contributed by atoms with Crippen LogP contribution in [0, 0.1) is 0 Å². The van der Waals surface area contributed by atoms with Gasteiger partial charge in [0.15, 0.2) is 5.16 Å². The van der Waals surface area contributed by atoms with E-state index in [2.05, 4.69) is 17.1 Å². The van der Waals surface area contributed by atoms with E-state index in [9.17, 15) is 0 Å². The molecule has 0 spiro atoms. The lowest BCUT2D eigenvalue weighted by atomic mass is 10.3. The maximum absolute atomic E-state index is 5.67. The number of thioether (sulfide) groups is 1. The standard InChI is InChI=1S/C14H19N3O2S/c1-3-8-18-12-4-6-13(7-5-12)19-9-10-20-14-16-15-11-17(14)2/h4-7,11H,3,8-10H2,1-2H3. The van der Waals surface area contributed by atoms with E-state index in [0.717, 1.165) is 35.4 Å². The van der Waals surface area contributed by atoms with Crippen molar-refractivity contribution >= 4 is 11.8 Å². The Morgan fingerprint density at radius 1 is 1.10 bits per heavy atom. The number of benzene rings is 1. The monoisotopic (exact) mass is 293 g/mol. The van der Waals surface area contributed by atoms with Crippen molar-refractivity contribution in [2.24, 2.45) is 7.05 Å². The molecule has 0 aliphatic heterocycles. The van der Waals surface area contributed by atoms with Gasteiger partial charge in [0, 0.05) is 12.8 Å². The van der Waals surface area contributed by atoms with Crippen LogP contribution < -0.4 is 9.47 Å². The van der Waals surface area contributed by atoms with Crippen LogP contribution in [-0.2, 0) is 7.05 Å². The maximum atomic E-state index is 5.67. The van der Waals surface area contributed by atoms with Gasteiger partial charge in [-0.1, -0.05) is 18.7 Å². The van der Waals surface area contributed by atoms with Crippen LogP contribution in [0.3, 0.4) is 0 Å². The Labute approximate surface area is 123 Å². The second-order valence-corrected chi connectivity index (χ2v) is 5.30. The lowest BCUT2D eigenvalue weighted by Crippen LogP contribution is -2.01. The Bertz CT molecular complexity index is 513. The summed E-state index contributed by atoms with van der Waals surface area (Å²) in [5.74, 6) is 2.57. The van der Waals surface area contributed by atoms with E-state index >= 15 is 0 Å². The van der Waals surface area contributed by atoms with Crippen molar-refractivity contribution in [2.75, 3.05) is 19.0 Å². The van der Waals surface area contributed by atoms with Gasteiger partial charge in [-0.2, -0.15) is 0 Å². The molecule has 0 saturated carbocycles. The molecule has 108 valence electrons. The summed E-state index contributed by atoms with van der Waals surface area (Å²) < 4.78 is 13.1. The quantitative estimate of drug-likeness (QED) is 0.553. The number of aryl methyl sites for hydroxylation is 1. The predicted molar refractivity (Wildman–Crippen MR) is 79.5 cm³/mol. The molecule has 0 fully saturated rings. The Hall–Kier alpha value is -1.69. The summed E-state index contributed by atoms with van der Waals surface area (Å²) in [6.45, 7) is 3.47. The van der Waals surface area contributed by atoms with Crippen LogP contribution in [0.2, 0.25) is 0 Å². The summed E-state index contributed by atoms with van der Waals surface area (Å²) in [5, 5.41) is 8.73. The van der Waals surface area contributed by atoms with Crippen molar-refractivity contribution in [1.29, 1.82) is 0 Å². The van der Waals surface area contributed by atoms with E-state index in [1.54, 1.807) is 18.1 Å². The van der Waals surface area contributed by atoms with Crippen LogP contribution in [0.4, 0.5) is 0 Å². The van der Waals surface area contributed by atoms with Gasteiger partial charge in [-0.15, -0.1) is 10.2 Å². The molecule has 0 aliphatic rings. The van der Waals surface area contributed by atoms with Crippen molar-refractivity contribution in [3.05, 3.63) is 30.6 Å². The molecule has 1 aromatic carbocycles. The number of rotatable bonds is 8. The van der Waals surface area contributed by atoms with Crippen LogP contribution in [0.5, 0.6) is 11.5 Å². The SMILES string of the molecule is CCCOc1ccc(OCCSc2nncn2C)cc1. The van der Waals surface area contributed by atoms with E-state index in [1.165, 1.54) is 0 Å². The van der Waals surface area contributed by atoms with E-state index in [1.807, 2.05) is 35.9 Å². The molecule has 2 aromatic rings. The number of hydrogen-bond donors (Lipinski definition) is 0. The molecule has 0 aliphatic carbocycles. The fourth-order valence-electron chi connectivity index (χ4n) is 1.55. The first kappa shape index (κ1) is 14.7. The topological polar surface area (TPSA) is 49.2 Å². The zero-order chi connectivity index (χ0) is 14.2. The predicted octanol–water partition coefficient (Wildman–Crippen LogP) is 2.78. The molecule has 0 unspecified atom stereocenters. The van der Waals surface area contributed by atoms with Gasteiger partial charge in [0.25, 0.3) is 0 Å². The lowest BCUT2D eigenvalue weighted by molar-refractivity contribution is 0.314. The zero-order valence-electron chi connectivity index (χ0n) is 11.8. The van der Waals surface area contributed by atoms with Crippen molar-refractivity contribution < 1.29 is 9.47 Å². The molecule has 1 heterocycles.